The lowest BCUT2D eigenvalue weighted by molar-refractivity contribution is -0.133. The predicted octanol–water partition coefficient (Wildman–Crippen LogP) is 2.01. The van der Waals surface area contributed by atoms with E-state index in [1.807, 2.05) is 0 Å². The SMILES string of the molecule is COc1nccnc1C(=O)CCC(F)(F)F. The van der Waals surface area contributed by atoms with Crippen molar-refractivity contribution in [2.45, 2.75) is 19.0 Å². The highest BCUT2D eigenvalue weighted by Crippen LogP contribution is 2.23. The van der Waals surface area contributed by atoms with Crippen molar-refractivity contribution in [1.82, 2.24) is 9.97 Å². The first-order valence-corrected chi connectivity index (χ1v) is 4.39. The van der Waals surface area contributed by atoms with Gasteiger partial charge in [0.05, 0.1) is 13.5 Å². The Morgan fingerprint density at radius 3 is 2.56 bits per heavy atom. The number of Topliss-reactive ketones (excluding diaryl/α,β-unsaturated/α-hetero) is 1. The highest BCUT2D eigenvalue weighted by molar-refractivity contribution is 5.96. The average Bonchev–Trinajstić information content (AvgIpc) is 2.25. The molecule has 1 rings (SSSR count). The summed E-state index contributed by atoms with van der Waals surface area (Å²) in [6.45, 7) is 0. The van der Waals surface area contributed by atoms with E-state index in [0.29, 0.717) is 0 Å². The molecule has 0 aliphatic heterocycles. The Morgan fingerprint density at radius 1 is 1.38 bits per heavy atom. The summed E-state index contributed by atoms with van der Waals surface area (Å²) in [6, 6.07) is 0. The second-order valence-corrected chi connectivity index (χ2v) is 2.95. The first kappa shape index (κ1) is 12.4. The monoisotopic (exact) mass is 234 g/mol. The smallest absolute Gasteiger partial charge is 0.389 e. The van der Waals surface area contributed by atoms with Crippen molar-refractivity contribution in [3.05, 3.63) is 18.1 Å². The van der Waals surface area contributed by atoms with Crippen LogP contribution in [0.15, 0.2) is 12.4 Å². The molecule has 0 radical (unpaired) electrons. The summed E-state index contributed by atoms with van der Waals surface area (Å²) in [6.07, 6.45) is -3.67. The molecule has 0 aromatic carbocycles. The highest BCUT2D eigenvalue weighted by Gasteiger charge is 2.29. The van der Waals surface area contributed by atoms with Gasteiger partial charge < -0.3 is 4.74 Å². The van der Waals surface area contributed by atoms with Gasteiger partial charge in [-0.25, -0.2) is 9.97 Å². The van der Waals surface area contributed by atoms with Crippen molar-refractivity contribution < 1.29 is 22.7 Å². The van der Waals surface area contributed by atoms with Crippen LogP contribution >= 0.6 is 0 Å². The molecule has 4 nitrogen and oxygen atoms in total. The molecule has 0 N–H and O–H groups in total. The molecule has 0 spiro atoms. The van der Waals surface area contributed by atoms with E-state index in [1.165, 1.54) is 19.5 Å². The Kier molecular flexibility index (Phi) is 3.81. The van der Waals surface area contributed by atoms with E-state index in [0.717, 1.165) is 0 Å². The van der Waals surface area contributed by atoms with Crippen LogP contribution in [0, 0.1) is 0 Å². The minimum atomic E-state index is -4.36. The number of aromatic nitrogens is 2. The van der Waals surface area contributed by atoms with Gasteiger partial charge in [-0.3, -0.25) is 4.79 Å². The zero-order valence-corrected chi connectivity index (χ0v) is 8.41. The molecule has 1 aromatic heterocycles. The predicted molar refractivity (Wildman–Crippen MR) is 48.2 cm³/mol. The topological polar surface area (TPSA) is 52.1 Å². The molecular weight excluding hydrogens is 225 g/mol. The molecular formula is C9H9F3N2O2. The summed E-state index contributed by atoms with van der Waals surface area (Å²) < 4.78 is 40.4. The number of nitrogens with zero attached hydrogens (tertiary/aromatic N) is 2. The molecule has 1 heterocycles. The Bertz CT molecular complexity index is 379. The van der Waals surface area contributed by atoms with E-state index < -0.39 is 24.8 Å². The molecule has 0 saturated carbocycles. The lowest BCUT2D eigenvalue weighted by atomic mass is 10.1. The largest absolute Gasteiger partial charge is 0.479 e. The molecule has 0 unspecified atom stereocenters. The lowest BCUT2D eigenvalue weighted by Gasteiger charge is -2.06. The normalized spacial score (nSPS) is 11.2. The highest BCUT2D eigenvalue weighted by atomic mass is 19.4. The van der Waals surface area contributed by atoms with E-state index in [1.54, 1.807) is 0 Å². The molecule has 0 aliphatic carbocycles. The van der Waals surface area contributed by atoms with Gasteiger partial charge in [0.2, 0.25) is 5.88 Å². The van der Waals surface area contributed by atoms with E-state index in [9.17, 15) is 18.0 Å². The van der Waals surface area contributed by atoms with Crippen molar-refractivity contribution >= 4 is 5.78 Å². The van der Waals surface area contributed by atoms with Crippen LogP contribution in [-0.2, 0) is 0 Å². The molecule has 7 heteroatoms. The average molecular weight is 234 g/mol. The number of methoxy groups -OCH3 is 1. The number of halogens is 3. The molecule has 0 aliphatic rings. The number of hydrogen-bond donors (Lipinski definition) is 0. The second-order valence-electron chi connectivity index (χ2n) is 2.95. The van der Waals surface area contributed by atoms with Gasteiger partial charge in [-0.15, -0.1) is 0 Å². The quantitative estimate of drug-likeness (QED) is 0.748. The van der Waals surface area contributed by atoms with Crippen LogP contribution in [0.3, 0.4) is 0 Å². The van der Waals surface area contributed by atoms with Gasteiger partial charge in [-0.2, -0.15) is 13.2 Å². The van der Waals surface area contributed by atoms with Gasteiger partial charge >= 0.3 is 6.18 Å². The molecule has 0 amide bonds. The third kappa shape index (κ3) is 3.48. The third-order valence-corrected chi connectivity index (χ3v) is 1.76. The number of ketones is 1. The first-order valence-electron chi connectivity index (χ1n) is 4.39. The fraction of sp³-hybridized carbons (Fsp3) is 0.444. The molecule has 0 saturated heterocycles. The maximum atomic E-state index is 11.9. The summed E-state index contributed by atoms with van der Waals surface area (Å²) >= 11 is 0. The van der Waals surface area contributed by atoms with Crippen molar-refractivity contribution in [1.29, 1.82) is 0 Å². The van der Waals surface area contributed by atoms with E-state index in [-0.39, 0.29) is 11.6 Å². The number of ether oxygens (including phenoxy) is 1. The number of carbonyl (C=O) groups is 1. The Labute approximate surface area is 89.5 Å². The second kappa shape index (κ2) is 4.91. The summed E-state index contributed by atoms with van der Waals surface area (Å²) in [4.78, 5) is 18.7. The minimum Gasteiger partial charge on any atom is -0.479 e. The molecule has 0 atom stereocenters. The maximum absolute atomic E-state index is 11.9. The summed E-state index contributed by atoms with van der Waals surface area (Å²) in [5, 5.41) is 0. The summed E-state index contributed by atoms with van der Waals surface area (Å²) in [5.41, 5.74) is -0.172. The van der Waals surface area contributed by atoms with E-state index in [2.05, 4.69) is 9.97 Å². The molecule has 1 aromatic rings. The van der Waals surface area contributed by atoms with Gasteiger partial charge in [0.1, 0.15) is 0 Å². The van der Waals surface area contributed by atoms with Gasteiger partial charge in [0.15, 0.2) is 11.5 Å². The summed E-state index contributed by atoms with van der Waals surface area (Å²) in [5.74, 6) is -0.794. The van der Waals surface area contributed by atoms with Crippen molar-refractivity contribution in [3.8, 4) is 5.88 Å². The maximum Gasteiger partial charge on any atom is 0.389 e. The lowest BCUT2D eigenvalue weighted by Crippen LogP contribution is -2.13. The van der Waals surface area contributed by atoms with Crippen molar-refractivity contribution in [2.24, 2.45) is 0 Å². The minimum absolute atomic E-state index is 0.0605. The van der Waals surface area contributed by atoms with Crippen LogP contribution in [0.4, 0.5) is 13.2 Å². The van der Waals surface area contributed by atoms with Gasteiger partial charge in [-0.1, -0.05) is 0 Å². The van der Waals surface area contributed by atoms with Crippen LogP contribution in [0.2, 0.25) is 0 Å². The van der Waals surface area contributed by atoms with E-state index in [4.69, 9.17) is 4.74 Å². The van der Waals surface area contributed by atoms with Gasteiger partial charge in [0.25, 0.3) is 0 Å². The molecule has 0 bridgehead atoms. The van der Waals surface area contributed by atoms with Gasteiger partial charge in [0, 0.05) is 18.8 Å². The van der Waals surface area contributed by atoms with E-state index >= 15 is 0 Å². The number of hydrogen-bond acceptors (Lipinski definition) is 4. The van der Waals surface area contributed by atoms with Crippen LogP contribution in [-0.4, -0.2) is 29.0 Å². The summed E-state index contributed by atoms with van der Waals surface area (Å²) in [7, 11) is 1.27. The fourth-order valence-electron chi connectivity index (χ4n) is 1.04. The van der Waals surface area contributed by atoms with Crippen LogP contribution in [0.1, 0.15) is 23.3 Å². The molecule has 0 fully saturated rings. The first-order chi connectivity index (χ1) is 7.44. The number of rotatable bonds is 4. The van der Waals surface area contributed by atoms with Crippen LogP contribution < -0.4 is 4.74 Å². The fourth-order valence-corrected chi connectivity index (χ4v) is 1.04. The molecule has 16 heavy (non-hydrogen) atoms. The van der Waals surface area contributed by atoms with Crippen LogP contribution in [0.5, 0.6) is 5.88 Å². The van der Waals surface area contributed by atoms with Crippen molar-refractivity contribution in [2.75, 3.05) is 7.11 Å². The van der Waals surface area contributed by atoms with Crippen LogP contribution in [0.25, 0.3) is 0 Å². The zero-order valence-electron chi connectivity index (χ0n) is 8.41. The zero-order chi connectivity index (χ0) is 12.2. The Balaban J connectivity index is 2.73. The standard InChI is InChI=1S/C9H9F3N2O2/c1-16-8-7(13-4-5-14-8)6(15)2-3-9(10,11)12/h4-5H,2-3H2,1H3. The number of alkyl halides is 3. The Morgan fingerprint density at radius 2 is 2.00 bits per heavy atom. The Hall–Kier alpha value is -1.66. The van der Waals surface area contributed by atoms with Gasteiger partial charge in [-0.05, 0) is 0 Å². The van der Waals surface area contributed by atoms with Crippen molar-refractivity contribution in [3.63, 3.8) is 0 Å². The molecule has 88 valence electrons. The third-order valence-electron chi connectivity index (χ3n) is 1.76. The number of carbonyl (C=O) groups excluding carboxylic acids is 1.